The van der Waals surface area contributed by atoms with Crippen molar-refractivity contribution in [2.75, 3.05) is 0 Å². The predicted molar refractivity (Wildman–Crippen MR) is 134 cm³/mol. The molecule has 5 rings (SSSR count). The van der Waals surface area contributed by atoms with E-state index >= 15 is 0 Å². The first-order chi connectivity index (χ1) is 16.6. The number of thiophene rings is 1. The van der Waals surface area contributed by atoms with Gasteiger partial charge in [0.05, 0.1) is 12.2 Å². The molecule has 2 aliphatic rings. The molecule has 172 valence electrons. The highest BCUT2D eigenvalue weighted by atomic mass is 32.2. The van der Waals surface area contributed by atoms with Gasteiger partial charge in [0.2, 0.25) is 5.91 Å². The Morgan fingerprint density at radius 3 is 2.74 bits per heavy atom. The summed E-state index contributed by atoms with van der Waals surface area (Å²) in [4.78, 5) is 37.7. The molecule has 0 spiro atoms. The number of carbonyl (C=O) groups is 2. The summed E-state index contributed by atoms with van der Waals surface area (Å²) in [6.45, 7) is 0.486. The minimum atomic E-state index is -0.634. The summed E-state index contributed by atoms with van der Waals surface area (Å²) in [5.41, 5.74) is 2.48. The molecule has 3 aromatic rings. The molecule has 0 aliphatic carbocycles. The number of benzene rings is 2. The highest BCUT2D eigenvalue weighted by molar-refractivity contribution is 8.13. The molecule has 6 nitrogen and oxygen atoms in total. The first kappa shape index (κ1) is 22.5. The molecular formula is C25H21FN4O2S2. The van der Waals surface area contributed by atoms with E-state index in [4.69, 9.17) is 9.98 Å². The molecule has 1 atom stereocenters. The first-order valence-corrected chi connectivity index (χ1v) is 12.7. The van der Waals surface area contributed by atoms with E-state index in [1.54, 1.807) is 28.4 Å². The van der Waals surface area contributed by atoms with Crippen LogP contribution in [0.3, 0.4) is 0 Å². The van der Waals surface area contributed by atoms with Gasteiger partial charge >= 0.3 is 0 Å². The third kappa shape index (κ3) is 4.80. The van der Waals surface area contributed by atoms with E-state index in [1.807, 2.05) is 41.8 Å². The fourth-order valence-corrected chi connectivity index (χ4v) is 5.37. The average molecular weight is 493 g/mol. The maximum absolute atomic E-state index is 13.3. The van der Waals surface area contributed by atoms with Crippen molar-refractivity contribution in [1.29, 1.82) is 0 Å². The van der Waals surface area contributed by atoms with Crippen LogP contribution in [0.2, 0.25) is 0 Å². The minimum absolute atomic E-state index is 0.105. The topological polar surface area (TPSA) is 74.1 Å². The van der Waals surface area contributed by atoms with Crippen molar-refractivity contribution < 1.29 is 14.0 Å². The molecule has 1 N–H and O–H groups in total. The summed E-state index contributed by atoms with van der Waals surface area (Å²) in [6, 6.07) is 17.1. The van der Waals surface area contributed by atoms with Crippen LogP contribution in [-0.2, 0) is 21.9 Å². The lowest BCUT2D eigenvalue weighted by Gasteiger charge is -2.25. The second-order valence-electron chi connectivity index (χ2n) is 7.86. The molecule has 1 aromatic heterocycles. The van der Waals surface area contributed by atoms with Gasteiger partial charge in [-0.2, -0.15) is 0 Å². The summed E-state index contributed by atoms with van der Waals surface area (Å²) < 4.78 is 13.2. The Morgan fingerprint density at radius 1 is 1.12 bits per heavy atom. The van der Waals surface area contributed by atoms with Crippen LogP contribution in [0.5, 0.6) is 0 Å². The van der Waals surface area contributed by atoms with Crippen LogP contribution in [0.25, 0.3) is 0 Å². The molecule has 0 saturated carbocycles. The number of amidine groups is 2. The van der Waals surface area contributed by atoms with Gasteiger partial charge in [0.1, 0.15) is 17.7 Å². The Labute approximate surface area is 204 Å². The smallest absolute Gasteiger partial charge is 0.259 e. The fourth-order valence-electron chi connectivity index (χ4n) is 3.77. The Kier molecular flexibility index (Phi) is 6.55. The number of hydrogen-bond acceptors (Lipinski definition) is 6. The second kappa shape index (κ2) is 9.90. The first-order valence-electron chi connectivity index (χ1n) is 10.8. The molecule has 0 radical (unpaired) electrons. The maximum atomic E-state index is 13.3. The van der Waals surface area contributed by atoms with Crippen LogP contribution in [0, 0.1) is 5.82 Å². The molecule has 2 aliphatic heterocycles. The zero-order chi connectivity index (χ0) is 23.5. The van der Waals surface area contributed by atoms with Gasteiger partial charge in [-0.1, -0.05) is 42.1 Å². The van der Waals surface area contributed by atoms with Crippen molar-refractivity contribution >= 4 is 51.6 Å². The van der Waals surface area contributed by atoms with Crippen molar-refractivity contribution in [3.05, 3.63) is 87.9 Å². The average Bonchev–Trinajstić information content (AvgIpc) is 3.49. The van der Waals surface area contributed by atoms with Crippen molar-refractivity contribution in [1.82, 2.24) is 10.2 Å². The number of amides is 2. The normalized spacial score (nSPS) is 16.6. The molecule has 3 heterocycles. The lowest BCUT2D eigenvalue weighted by Crippen LogP contribution is -2.41. The highest BCUT2D eigenvalue weighted by Crippen LogP contribution is 2.35. The third-order valence-corrected chi connectivity index (χ3v) is 7.40. The van der Waals surface area contributed by atoms with E-state index < -0.39 is 6.04 Å². The standard InChI is InChI=1S/C25H21FN4O2S2/c26-17-9-7-16(8-10-17)15-34-25-29-20-6-2-1-5-19(20)23-28-21(24(32)30(23)25)11-12-22(31)27-14-18-4-3-13-33-18/h1-10,13,21H,11-12,14-15H2,(H,27,31)/t21-/m0/s1. The Hall–Kier alpha value is -3.30. The molecule has 0 fully saturated rings. The van der Waals surface area contributed by atoms with Gasteiger partial charge in [-0.3, -0.25) is 14.6 Å². The monoisotopic (exact) mass is 492 g/mol. The fraction of sp³-hybridized carbons (Fsp3) is 0.200. The lowest BCUT2D eigenvalue weighted by atomic mass is 10.1. The molecule has 34 heavy (non-hydrogen) atoms. The largest absolute Gasteiger partial charge is 0.351 e. The maximum Gasteiger partial charge on any atom is 0.259 e. The Balaban J connectivity index is 1.29. The number of nitrogens with one attached hydrogen (secondary N) is 1. The Bertz CT molecular complexity index is 1270. The van der Waals surface area contributed by atoms with Crippen molar-refractivity contribution in [2.45, 2.75) is 31.2 Å². The summed E-state index contributed by atoms with van der Waals surface area (Å²) in [7, 11) is 0. The molecule has 2 amide bonds. The van der Waals surface area contributed by atoms with Crippen LogP contribution in [0.4, 0.5) is 10.1 Å². The van der Waals surface area contributed by atoms with Crippen LogP contribution in [-0.4, -0.2) is 33.8 Å². The number of para-hydroxylation sites is 1. The molecule has 9 heteroatoms. The zero-order valence-electron chi connectivity index (χ0n) is 18.1. The van der Waals surface area contributed by atoms with Crippen LogP contribution in [0.15, 0.2) is 76.0 Å². The SMILES string of the molecule is O=C(CC[C@@H]1N=C2c3ccccc3N=C(SCc3ccc(F)cc3)N2C1=O)NCc1cccs1. The van der Waals surface area contributed by atoms with Crippen molar-refractivity contribution in [3.63, 3.8) is 0 Å². The summed E-state index contributed by atoms with van der Waals surface area (Å²) in [5.74, 6) is 0.533. The van der Waals surface area contributed by atoms with E-state index in [-0.39, 0.29) is 24.1 Å². The number of fused-ring (bicyclic) bond motifs is 3. The van der Waals surface area contributed by atoms with Crippen LogP contribution >= 0.6 is 23.1 Å². The van der Waals surface area contributed by atoms with E-state index in [0.29, 0.717) is 29.7 Å². The lowest BCUT2D eigenvalue weighted by molar-refractivity contribution is -0.125. The van der Waals surface area contributed by atoms with E-state index in [1.165, 1.54) is 23.9 Å². The van der Waals surface area contributed by atoms with Gasteiger partial charge in [-0.25, -0.2) is 14.3 Å². The summed E-state index contributed by atoms with van der Waals surface area (Å²) in [6.07, 6.45) is 0.538. The van der Waals surface area contributed by atoms with Crippen molar-refractivity contribution in [3.8, 4) is 0 Å². The molecule has 0 bridgehead atoms. The molecule has 0 unspecified atom stereocenters. The number of hydrogen-bond donors (Lipinski definition) is 1. The zero-order valence-corrected chi connectivity index (χ0v) is 19.7. The van der Waals surface area contributed by atoms with Gasteiger partial charge in [0.15, 0.2) is 5.17 Å². The number of thioether (sulfide) groups is 1. The predicted octanol–water partition coefficient (Wildman–Crippen LogP) is 4.88. The van der Waals surface area contributed by atoms with Gasteiger partial charge in [-0.05, 0) is 47.7 Å². The van der Waals surface area contributed by atoms with Crippen LogP contribution < -0.4 is 5.32 Å². The number of aliphatic imine (C=N–C) groups is 2. The highest BCUT2D eigenvalue weighted by Gasteiger charge is 2.41. The Morgan fingerprint density at radius 2 is 1.94 bits per heavy atom. The quantitative estimate of drug-likeness (QED) is 0.511. The number of halogens is 1. The molecule has 0 saturated heterocycles. The number of nitrogens with zero attached hydrogens (tertiary/aromatic N) is 3. The summed E-state index contributed by atoms with van der Waals surface area (Å²) >= 11 is 2.99. The van der Waals surface area contributed by atoms with Crippen molar-refractivity contribution in [2.24, 2.45) is 9.98 Å². The van der Waals surface area contributed by atoms with Gasteiger partial charge in [0, 0.05) is 22.6 Å². The third-order valence-electron chi connectivity index (χ3n) is 5.51. The van der Waals surface area contributed by atoms with E-state index in [9.17, 15) is 14.0 Å². The number of rotatable bonds is 7. The number of carbonyl (C=O) groups excluding carboxylic acids is 2. The van der Waals surface area contributed by atoms with Gasteiger partial charge in [-0.15, -0.1) is 11.3 Å². The molecule has 2 aromatic carbocycles. The van der Waals surface area contributed by atoms with Gasteiger partial charge in [0.25, 0.3) is 5.91 Å². The van der Waals surface area contributed by atoms with E-state index in [2.05, 4.69) is 5.32 Å². The van der Waals surface area contributed by atoms with Gasteiger partial charge < -0.3 is 5.32 Å². The molecular weight excluding hydrogens is 471 g/mol. The van der Waals surface area contributed by atoms with Crippen LogP contribution in [0.1, 0.15) is 28.8 Å². The van der Waals surface area contributed by atoms with E-state index in [0.717, 1.165) is 21.7 Å². The minimum Gasteiger partial charge on any atom is -0.351 e. The summed E-state index contributed by atoms with van der Waals surface area (Å²) in [5, 5.41) is 5.40. The second-order valence-corrected chi connectivity index (χ2v) is 9.84.